The van der Waals surface area contributed by atoms with Gasteiger partial charge in [-0.2, -0.15) is 0 Å². The molecule has 0 spiro atoms. The molecule has 0 atom stereocenters. The highest BCUT2D eigenvalue weighted by atomic mass is 16.5. The lowest BCUT2D eigenvalue weighted by Crippen LogP contribution is -2.19. The predicted molar refractivity (Wildman–Crippen MR) is 112 cm³/mol. The van der Waals surface area contributed by atoms with Crippen LogP contribution in [-0.2, 0) is 12.0 Å². The molecule has 7 heteroatoms. The Hall–Kier alpha value is -3.48. The van der Waals surface area contributed by atoms with Crippen LogP contribution in [0, 0.1) is 0 Å². The van der Waals surface area contributed by atoms with Gasteiger partial charge in [0.25, 0.3) is 0 Å². The lowest BCUT2D eigenvalue weighted by Gasteiger charge is -2.12. The Balaban J connectivity index is 1.52. The number of carbonyl (C=O) groups excluding carboxylic acids is 1. The number of amides is 2. The summed E-state index contributed by atoms with van der Waals surface area (Å²) < 4.78 is 16.2. The van der Waals surface area contributed by atoms with Crippen molar-refractivity contribution < 1.29 is 18.8 Å². The summed E-state index contributed by atoms with van der Waals surface area (Å²) in [7, 11) is 1.63. The Morgan fingerprint density at radius 1 is 1.03 bits per heavy atom. The number of urea groups is 1. The summed E-state index contributed by atoms with van der Waals surface area (Å²) in [6, 6.07) is 16.1. The first kappa shape index (κ1) is 20.3. The Labute approximate surface area is 170 Å². The molecule has 7 nitrogen and oxygen atoms in total. The van der Waals surface area contributed by atoms with Crippen LogP contribution in [-0.4, -0.2) is 18.3 Å². The normalized spacial score (nSPS) is 11.0. The summed E-state index contributed by atoms with van der Waals surface area (Å²) in [5.74, 6) is 2.56. The van der Waals surface area contributed by atoms with E-state index >= 15 is 0 Å². The van der Waals surface area contributed by atoms with Crippen molar-refractivity contribution in [1.29, 1.82) is 0 Å². The summed E-state index contributed by atoms with van der Waals surface area (Å²) in [5, 5.41) is 9.28. The molecule has 0 saturated heterocycles. The third-order valence-corrected chi connectivity index (χ3v) is 4.14. The zero-order valence-corrected chi connectivity index (χ0v) is 17.0. The zero-order valence-electron chi connectivity index (χ0n) is 17.0. The number of anilines is 2. The first-order chi connectivity index (χ1) is 13.8. The minimum absolute atomic E-state index is 0.176. The molecule has 0 unspecified atom stereocenters. The summed E-state index contributed by atoms with van der Waals surface area (Å²) in [5.41, 5.74) is 1.47. The molecule has 2 amide bonds. The van der Waals surface area contributed by atoms with Crippen LogP contribution < -0.4 is 20.1 Å². The summed E-state index contributed by atoms with van der Waals surface area (Å²) >= 11 is 0. The Morgan fingerprint density at radius 3 is 2.45 bits per heavy atom. The fraction of sp³-hybridized carbons (Fsp3) is 0.273. The van der Waals surface area contributed by atoms with Crippen molar-refractivity contribution in [3.05, 3.63) is 65.9 Å². The van der Waals surface area contributed by atoms with Crippen molar-refractivity contribution in [3.63, 3.8) is 0 Å². The van der Waals surface area contributed by atoms with Crippen molar-refractivity contribution in [3.8, 4) is 11.5 Å². The van der Waals surface area contributed by atoms with Crippen molar-refractivity contribution >= 4 is 17.5 Å². The maximum absolute atomic E-state index is 12.1. The summed E-state index contributed by atoms with van der Waals surface area (Å²) in [6.45, 7) is 6.45. The second-order valence-electron chi connectivity index (χ2n) is 7.57. The van der Waals surface area contributed by atoms with Gasteiger partial charge in [-0.3, -0.25) is 5.32 Å². The molecule has 0 saturated carbocycles. The topological polar surface area (TPSA) is 85.6 Å². The van der Waals surface area contributed by atoms with Gasteiger partial charge in [0.05, 0.1) is 7.11 Å². The van der Waals surface area contributed by atoms with Gasteiger partial charge >= 0.3 is 6.03 Å². The Morgan fingerprint density at radius 2 is 1.79 bits per heavy atom. The second kappa shape index (κ2) is 8.68. The highest BCUT2D eigenvalue weighted by Crippen LogP contribution is 2.24. The van der Waals surface area contributed by atoms with Crippen LogP contribution >= 0.6 is 0 Å². The molecule has 29 heavy (non-hydrogen) atoms. The monoisotopic (exact) mass is 395 g/mol. The number of benzene rings is 2. The fourth-order valence-electron chi connectivity index (χ4n) is 2.53. The number of hydrogen-bond donors (Lipinski definition) is 2. The van der Waals surface area contributed by atoms with Gasteiger partial charge in [-0.1, -0.05) is 38.1 Å². The minimum atomic E-state index is -0.399. The molecule has 3 aromatic rings. The maximum atomic E-state index is 12.1. The van der Waals surface area contributed by atoms with Crippen LogP contribution in [0.5, 0.6) is 11.5 Å². The molecule has 0 radical (unpaired) electrons. The molecular formula is C22H25N3O4. The van der Waals surface area contributed by atoms with E-state index in [0.29, 0.717) is 29.6 Å². The average Bonchev–Trinajstić information content (AvgIpc) is 3.16. The van der Waals surface area contributed by atoms with E-state index in [9.17, 15) is 4.79 Å². The lowest BCUT2D eigenvalue weighted by atomic mass is 9.93. The molecule has 3 rings (SSSR count). The number of nitrogens with one attached hydrogen (secondary N) is 2. The maximum Gasteiger partial charge on any atom is 0.324 e. The zero-order chi connectivity index (χ0) is 20.9. The molecule has 1 aromatic heterocycles. The summed E-state index contributed by atoms with van der Waals surface area (Å²) in [6.07, 6.45) is 0. The minimum Gasteiger partial charge on any atom is -0.497 e. The average molecular weight is 395 g/mol. The molecule has 2 aromatic carbocycles. The molecule has 0 aliphatic carbocycles. The Kier molecular flexibility index (Phi) is 6.07. The first-order valence-corrected chi connectivity index (χ1v) is 9.24. The van der Waals surface area contributed by atoms with Gasteiger partial charge in [0.2, 0.25) is 0 Å². The van der Waals surface area contributed by atoms with Gasteiger partial charge in [-0.15, -0.1) is 0 Å². The van der Waals surface area contributed by atoms with Crippen LogP contribution in [0.2, 0.25) is 0 Å². The van der Waals surface area contributed by atoms with Gasteiger partial charge in [0.15, 0.2) is 5.82 Å². The van der Waals surface area contributed by atoms with Gasteiger partial charge < -0.3 is 19.3 Å². The largest absolute Gasteiger partial charge is 0.497 e. The third-order valence-electron chi connectivity index (χ3n) is 4.14. The highest BCUT2D eigenvalue weighted by Gasteiger charge is 2.20. The molecule has 1 heterocycles. The number of methoxy groups -OCH3 is 1. The fourth-order valence-corrected chi connectivity index (χ4v) is 2.53. The molecule has 2 N–H and O–H groups in total. The summed E-state index contributed by atoms with van der Waals surface area (Å²) in [4.78, 5) is 12.1. The van der Waals surface area contributed by atoms with E-state index in [1.807, 2.05) is 45.0 Å². The second-order valence-corrected chi connectivity index (χ2v) is 7.57. The van der Waals surface area contributed by atoms with Gasteiger partial charge in [-0.05, 0) is 42.0 Å². The first-order valence-electron chi connectivity index (χ1n) is 9.24. The molecule has 0 bridgehead atoms. The van der Waals surface area contributed by atoms with Crippen LogP contribution in [0.3, 0.4) is 0 Å². The molecule has 0 fully saturated rings. The number of aromatic nitrogens is 1. The van der Waals surface area contributed by atoms with E-state index in [0.717, 1.165) is 11.3 Å². The predicted octanol–water partition coefficient (Wildman–Crippen LogP) is 5.20. The smallest absolute Gasteiger partial charge is 0.324 e. The van der Waals surface area contributed by atoms with Crippen LogP contribution in [0.4, 0.5) is 16.3 Å². The van der Waals surface area contributed by atoms with Crippen molar-refractivity contribution in [2.45, 2.75) is 32.8 Å². The van der Waals surface area contributed by atoms with Crippen LogP contribution in [0.1, 0.15) is 32.1 Å². The van der Waals surface area contributed by atoms with E-state index in [2.05, 4.69) is 15.8 Å². The van der Waals surface area contributed by atoms with Gasteiger partial charge in [0.1, 0.15) is 23.9 Å². The SMILES string of the molecule is COc1cccc(COc2ccc(NC(=O)Nc3cc(C(C)(C)C)on3)cc2)c1. The van der Waals surface area contributed by atoms with E-state index < -0.39 is 6.03 Å². The van der Waals surface area contributed by atoms with E-state index in [4.69, 9.17) is 14.0 Å². The van der Waals surface area contributed by atoms with E-state index in [1.165, 1.54) is 0 Å². The van der Waals surface area contributed by atoms with E-state index in [1.54, 1.807) is 37.4 Å². The number of nitrogens with zero attached hydrogens (tertiary/aromatic N) is 1. The molecule has 152 valence electrons. The standard InChI is InChI=1S/C22H25N3O4/c1-22(2,3)19-13-20(25-29-19)24-21(26)23-16-8-10-17(11-9-16)28-14-15-6-5-7-18(12-15)27-4/h5-13H,14H2,1-4H3,(H2,23,24,25,26). The lowest BCUT2D eigenvalue weighted by molar-refractivity contribution is 0.262. The number of rotatable bonds is 6. The molecular weight excluding hydrogens is 370 g/mol. The van der Waals surface area contributed by atoms with Crippen molar-refractivity contribution in [2.75, 3.05) is 17.7 Å². The van der Waals surface area contributed by atoms with Gasteiger partial charge in [-0.25, -0.2) is 4.79 Å². The van der Waals surface area contributed by atoms with Crippen molar-refractivity contribution in [2.24, 2.45) is 0 Å². The molecule has 0 aliphatic rings. The van der Waals surface area contributed by atoms with Gasteiger partial charge in [0, 0.05) is 17.2 Å². The van der Waals surface area contributed by atoms with Crippen LogP contribution in [0.25, 0.3) is 0 Å². The molecule has 0 aliphatic heterocycles. The van der Waals surface area contributed by atoms with Crippen LogP contribution in [0.15, 0.2) is 59.1 Å². The number of ether oxygens (including phenoxy) is 2. The Bertz CT molecular complexity index is 959. The quantitative estimate of drug-likeness (QED) is 0.599. The van der Waals surface area contributed by atoms with E-state index in [-0.39, 0.29) is 5.41 Å². The third kappa shape index (κ3) is 5.75. The van der Waals surface area contributed by atoms with Crippen molar-refractivity contribution in [1.82, 2.24) is 5.16 Å². The number of carbonyl (C=O) groups is 1. The highest BCUT2D eigenvalue weighted by molar-refractivity contribution is 5.99. The number of hydrogen-bond acceptors (Lipinski definition) is 5.